The van der Waals surface area contributed by atoms with Crippen molar-refractivity contribution in [3.05, 3.63) is 17.0 Å². The number of nitrogens with zero attached hydrogens (tertiary/aromatic N) is 2. The van der Waals surface area contributed by atoms with E-state index in [1.807, 2.05) is 18.7 Å². The number of amides is 1. The van der Waals surface area contributed by atoms with Crippen molar-refractivity contribution in [2.24, 2.45) is 11.7 Å². The average Bonchev–Trinajstić information content (AvgIpc) is 2.69. The van der Waals surface area contributed by atoms with Crippen LogP contribution in [0.2, 0.25) is 0 Å². The van der Waals surface area contributed by atoms with Crippen LogP contribution in [0.15, 0.2) is 0 Å². The molecule has 100 valence electrons. The van der Waals surface area contributed by atoms with Gasteiger partial charge in [-0.15, -0.1) is 0 Å². The van der Waals surface area contributed by atoms with Crippen LogP contribution in [0.25, 0.3) is 0 Å². The molecule has 0 radical (unpaired) electrons. The number of carbonyl (C=O) groups is 1. The molecule has 1 amide bonds. The van der Waals surface area contributed by atoms with Gasteiger partial charge in [-0.3, -0.25) is 9.89 Å². The lowest BCUT2D eigenvalue weighted by Gasteiger charge is -2.36. The summed E-state index contributed by atoms with van der Waals surface area (Å²) < 4.78 is 0. The third-order valence-electron chi connectivity index (χ3n) is 3.95. The van der Waals surface area contributed by atoms with Crippen LogP contribution >= 0.6 is 0 Å². The van der Waals surface area contributed by atoms with Gasteiger partial charge in [0.1, 0.15) is 0 Å². The third-order valence-corrected chi connectivity index (χ3v) is 3.95. The van der Waals surface area contributed by atoms with Gasteiger partial charge in [-0.05, 0) is 26.2 Å². The van der Waals surface area contributed by atoms with Crippen LogP contribution in [-0.4, -0.2) is 40.1 Å². The Hall–Kier alpha value is -1.36. The number of piperidine rings is 1. The van der Waals surface area contributed by atoms with Crippen molar-refractivity contribution in [2.45, 2.75) is 39.7 Å². The van der Waals surface area contributed by atoms with Crippen molar-refractivity contribution in [1.29, 1.82) is 0 Å². The molecule has 1 saturated heterocycles. The zero-order chi connectivity index (χ0) is 13.3. The SMILES string of the molecule is CCC1CN(C(=O)c2c(C)n[nH]c2C)CCC1N. The first kappa shape index (κ1) is 13.1. The Bertz CT molecular complexity index is 421. The highest BCUT2D eigenvalue weighted by Gasteiger charge is 2.30. The van der Waals surface area contributed by atoms with E-state index in [2.05, 4.69) is 17.1 Å². The second kappa shape index (κ2) is 5.10. The van der Waals surface area contributed by atoms with E-state index in [1.54, 1.807) is 0 Å². The molecule has 1 aliphatic rings. The van der Waals surface area contributed by atoms with E-state index in [-0.39, 0.29) is 11.9 Å². The summed E-state index contributed by atoms with van der Waals surface area (Å²) in [6.07, 6.45) is 1.91. The molecule has 1 aromatic heterocycles. The summed E-state index contributed by atoms with van der Waals surface area (Å²) in [4.78, 5) is 14.4. The first-order chi connectivity index (χ1) is 8.54. The van der Waals surface area contributed by atoms with E-state index in [1.165, 1.54) is 0 Å². The van der Waals surface area contributed by atoms with Gasteiger partial charge < -0.3 is 10.6 Å². The number of H-pyrrole nitrogens is 1. The Morgan fingerprint density at radius 1 is 1.56 bits per heavy atom. The summed E-state index contributed by atoms with van der Waals surface area (Å²) in [7, 11) is 0. The number of rotatable bonds is 2. The lowest BCUT2D eigenvalue weighted by molar-refractivity contribution is 0.0648. The Morgan fingerprint density at radius 3 is 2.83 bits per heavy atom. The van der Waals surface area contributed by atoms with Crippen LogP contribution < -0.4 is 5.73 Å². The first-order valence-electron chi connectivity index (χ1n) is 6.61. The Morgan fingerprint density at radius 2 is 2.28 bits per heavy atom. The molecule has 2 heterocycles. The predicted molar refractivity (Wildman–Crippen MR) is 70.3 cm³/mol. The number of likely N-dealkylation sites (tertiary alicyclic amines) is 1. The number of aromatic amines is 1. The smallest absolute Gasteiger partial charge is 0.257 e. The third kappa shape index (κ3) is 2.27. The zero-order valence-electron chi connectivity index (χ0n) is 11.4. The topological polar surface area (TPSA) is 75.0 Å². The zero-order valence-corrected chi connectivity index (χ0v) is 11.4. The van der Waals surface area contributed by atoms with Crippen LogP contribution in [0, 0.1) is 19.8 Å². The van der Waals surface area contributed by atoms with E-state index >= 15 is 0 Å². The molecule has 1 fully saturated rings. The minimum Gasteiger partial charge on any atom is -0.338 e. The Labute approximate surface area is 108 Å². The van der Waals surface area contributed by atoms with Gasteiger partial charge in [0.2, 0.25) is 0 Å². The highest BCUT2D eigenvalue weighted by molar-refractivity contribution is 5.96. The van der Waals surface area contributed by atoms with Gasteiger partial charge in [0.15, 0.2) is 0 Å². The van der Waals surface area contributed by atoms with Crippen molar-refractivity contribution in [3.63, 3.8) is 0 Å². The molecule has 0 bridgehead atoms. The highest BCUT2D eigenvalue weighted by atomic mass is 16.2. The summed E-state index contributed by atoms with van der Waals surface area (Å²) in [5, 5.41) is 6.96. The summed E-state index contributed by atoms with van der Waals surface area (Å²) in [5.41, 5.74) is 8.42. The molecule has 2 unspecified atom stereocenters. The van der Waals surface area contributed by atoms with E-state index < -0.39 is 0 Å². The Kier molecular flexibility index (Phi) is 3.71. The molecule has 0 spiro atoms. The van der Waals surface area contributed by atoms with Gasteiger partial charge in [-0.25, -0.2) is 0 Å². The van der Waals surface area contributed by atoms with Crippen LogP contribution in [0.4, 0.5) is 0 Å². The number of aryl methyl sites for hydroxylation is 2. The van der Waals surface area contributed by atoms with Gasteiger partial charge in [-0.1, -0.05) is 13.3 Å². The van der Waals surface area contributed by atoms with Gasteiger partial charge >= 0.3 is 0 Å². The quantitative estimate of drug-likeness (QED) is 0.829. The number of hydrogen-bond donors (Lipinski definition) is 2. The summed E-state index contributed by atoms with van der Waals surface area (Å²) >= 11 is 0. The maximum absolute atomic E-state index is 12.5. The fourth-order valence-electron chi connectivity index (χ4n) is 2.69. The monoisotopic (exact) mass is 250 g/mol. The minimum absolute atomic E-state index is 0.0871. The maximum atomic E-state index is 12.5. The van der Waals surface area contributed by atoms with E-state index in [9.17, 15) is 4.79 Å². The lowest BCUT2D eigenvalue weighted by Crippen LogP contribution is -2.49. The summed E-state index contributed by atoms with van der Waals surface area (Å²) in [6.45, 7) is 7.40. The van der Waals surface area contributed by atoms with Crippen molar-refractivity contribution < 1.29 is 4.79 Å². The van der Waals surface area contributed by atoms with Crippen LogP contribution in [-0.2, 0) is 0 Å². The minimum atomic E-state index is 0.0871. The molecule has 0 aromatic carbocycles. The molecular formula is C13H22N4O. The number of aromatic nitrogens is 2. The second-order valence-electron chi connectivity index (χ2n) is 5.18. The van der Waals surface area contributed by atoms with Gasteiger partial charge in [0.25, 0.3) is 5.91 Å². The predicted octanol–water partition coefficient (Wildman–Crippen LogP) is 1.23. The molecule has 5 heteroatoms. The molecule has 2 rings (SSSR count). The number of nitrogens with two attached hydrogens (primary N) is 1. The summed E-state index contributed by atoms with van der Waals surface area (Å²) in [5.74, 6) is 0.499. The van der Waals surface area contributed by atoms with Crippen LogP contribution in [0.1, 0.15) is 41.5 Å². The van der Waals surface area contributed by atoms with Crippen molar-refractivity contribution >= 4 is 5.91 Å². The molecule has 0 saturated carbocycles. The molecule has 1 aliphatic heterocycles. The molecular weight excluding hydrogens is 228 g/mol. The largest absolute Gasteiger partial charge is 0.338 e. The summed E-state index contributed by atoms with van der Waals surface area (Å²) in [6, 6.07) is 0.227. The lowest BCUT2D eigenvalue weighted by atomic mass is 9.90. The van der Waals surface area contributed by atoms with E-state index in [4.69, 9.17) is 5.73 Å². The molecule has 5 nitrogen and oxygen atoms in total. The van der Waals surface area contributed by atoms with Gasteiger partial charge in [0.05, 0.1) is 11.3 Å². The number of nitrogens with one attached hydrogen (secondary N) is 1. The van der Waals surface area contributed by atoms with Crippen LogP contribution in [0.5, 0.6) is 0 Å². The van der Waals surface area contributed by atoms with Crippen molar-refractivity contribution in [1.82, 2.24) is 15.1 Å². The molecule has 2 atom stereocenters. The molecule has 1 aromatic rings. The normalized spacial score (nSPS) is 24.3. The fraction of sp³-hybridized carbons (Fsp3) is 0.692. The number of carbonyl (C=O) groups excluding carboxylic acids is 1. The first-order valence-corrected chi connectivity index (χ1v) is 6.61. The van der Waals surface area contributed by atoms with Crippen molar-refractivity contribution in [3.8, 4) is 0 Å². The van der Waals surface area contributed by atoms with Gasteiger partial charge in [-0.2, -0.15) is 5.10 Å². The van der Waals surface area contributed by atoms with E-state index in [0.717, 1.165) is 42.9 Å². The second-order valence-corrected chi connectivity index (χ2v) is 5.18. The Balaban J connectivity index is 2.15. The fourth-order valence-corrected chi connectivity index (χ4v) is 2.69. The molecule has 18 heavy (non-hydrogen) atoms. The van der Waals surface area contributed by atoms with Crippen LogP contribution in [0.3, 0.4) is 0 Å². The van der Waals surface area contributed by atoms with Crippen molar-refractivity contribution in [2.75, 3.05) is 13.1 Å². The molecule has 0 aliphatic carbocycles. The highest BCUT2D eigenvalue weighted by Crippen LogP contribution is 2.21. The maximum Gasteiger partial charge on any atom is 0.257 e. The number of hydrogen-bond acceptors (Lipinski definition) is 3. The molecule has 3 N–H and O–H groups in total. The standard InChI is InChI=1S/C13H22N4O/c1-4-10-7-17(6-5-11(10)14)13(18)12-8(2)15-16-9(12)3/h10-11H,4-7,14H2,1-3H3,(H,15,16). The van der Waals surface area contributed by atoms with Gasteiger partial charge in [0, 0.05) is 24.8 Å². The van der Waals surface area contributed by atoms with E-state index in [0.29, 0.717) is 5.92 Å². The average molecular weight is 250 g/mol.